The maximum absolute atomic E-state index is 4.61. The predicted octanol–water partition coefficient (Wildman–Crippen LogP) is 3.07. The summed E-state index contributed by atoms with van der Waals surface area (Å²) in [6, 6.07) is 5.39. The number of piperazine rings is 1. The van der Waals surface area contributed by atoms with E-state index in [4.69, 9.17) is 0 Å². The fourth-order valence-corrected chi connectivity index (χ4v) is 4.07. The lowest BCUT2D eigenvalue weighted by atomic mass is 10.1. The summed E-state index contributed by atoms with van der Waals surface area (Å²) in [6.45, 7) is 5.85. The van der Waals surface area contributed by atoms with Crippen molar-refractivity contribution in [1.82, 2.24) is 14.9 Å². The molecule has 0 aromatic carbocycles. The van der Waals surface area contributed by atoms with Crippen LogP contribution in [0.15, 0.2) is 29.0 Å². The molecule has 0 saturated carbocycles. The van der Waals surface area contributed by atoms with Crippen LogP contribution in [-0.4, -0.2) is 46.6 Å². The third-order valence-electron chi connectivity index (χ3n) is 4.77. The number of hydrogen-bond donors (Lipinski definition) is 0. The van der Waals surface area contributed by atoms with Crippen LogP contribution in [-0.2, 0) is 0 Å². The van der Waals surface area contributed by atoms with Gasteiger partial charge in [-0.25, -0.2) is 0 Å². The van der Waals surface area contributed by atoms with Crippen molar-refractivity contribution in [2.75, 3.05) is 24.5 Å². The minimum atomic E-state index is 0.524. The first-order chi connectivity index (χ1) is 10.2. The third-order valence-corrected chi connectivity index (χ3v) is 5.20. The lowest BCUT2D eigenvalue weighted by Gasteiger charge is -2.43. The molecule has 4 heterocycles. The first-order valence-corrected chi connectivity index (χ1v) is 8.42. The van der Waals surface area contributed by atoms with E-state index < -0.39 is 0 Å². The molecule has 5 heteroatoms. The largest absolute Gasteiger partial charge is 0.364 e. The van der Waals surface area contributed by atoms with E-state index in [-0.39, 0.29) is 0 Å². The van der Waals surface area contributed by atoms with E-state index >= 15 is 0 Å². The normalized spacial score (nSPS) is 26.3. The maximum Gasteiger partial charge on any atom is 0.112 e. The van der Waals surface area contributed by atoms with Crippen molar-refractivity contribution in [1.29, 1.82) is 0 Å². The number of fused-ring (bicyclic) bond motifs is 2. The van der Waals surface area contributed by atoms with Crippen LogP contribution in [0, 0.1) is 0 Å². The molecule has 2 saturated heterocycles. The highest BCUT2D eigenvalue weighted by atomic mass is 79.9. The molecule has 0 bridgehead atoms. The summed E-state index contributed by atoms with van der Waals surface area (Å²) in [5, 5.41) is 0. The van der Waals surface area contributed by atoms with Gasteiger partial charge in [0.05, 0.1) is 11.2 Å². The van der Waals surface area contributed by atoms with Crippen LogP contribution in [0.4, 0.5) is 5.69 Å². The Labute approximate surface area is 133 Å². The van der Waals surface area contributed by atoms with Crippen molar-refractivity contribution in [3.05, 3.63) is 29.0 Å². The molecule has 2 fully saturated rings. The van der Waals surface area contributed by atoms with Gasteiger partial charge < -0.3 is 4.90 Å². The van der Waals surface area contributed by atoms with Gasteiger partial charge in [0, 0.05) is 42.0 Å². The number of halogens is 1. The van der Waals surface area contributed by atoms with Crippen molar-refractivity contribution in [3.63, 3.8) is 0 Å². The zero-order valence-electron chi connectivity index (χ0n) is 12.2. The van der Waals surface area contributed by atoms with Gasteiger partial charge in [-0.3, -0.25) is 14.9 Å². The highest BCUT2D eigenvalue weighted by Gasteiger charge is 2.35. The molecule has 2 aromatic heterocycles. The van der Waals surface area contributed by atoms with Gasteiger partial charge in [0.25, 0.3) is 0 Å². The number of nitrogens with zero attached hydrogens (tertiary/aromatic N) is 4. The van der Waals surface area contributed by atoms with Crippen LogP contribution in [0.3, 0.4) is 0 Å². The van der Waals surface area contributed by atoms with Gasteiger partial charge >= 0.3 is 0 Å². The Kier molecular flexibility index (Phi) is 3.34. The fourth-order valence-electron chi connectivity index (χ4n) is 3.75. The van der Waals surface area contributed by atoms with Crippen molar-refractivity contribution < 1.29 is 0 Å². The Morgan fingerprint density at radius 1 is 1.29 bits per heavy atom. The van der Waals surface area contributed by atoms with Crippen LogP contribution < -0.4 is 4.90 Å². The van der Waals surface area contributed by atoms with Gasteiger partial charge in [-0.2, -0.15) is 0 Å². The summed E-state index contributed by atoms with van der Waals surface area (Å²) in [7, 11) is 0. The topological polar surface area (TPSA) is 32.3 Å². The van der Waals surface area contributed by atoms with Crippen molar-refractivity contribution in [2.45, 2.75) is 31.8 Å². The first kappa shape index (κ1) is 13.5. The molecule has 2 aliphatic heterocycles. The van der Waals surface area contributed by atoms with E-state index in [1.165, 1.54) is 25.1 Å². The number of aromatic nitrogens is 2. The molecule has 2 atom stereocenters. The average molecular weight is 347 g/mol. The standard InChI is InChI=1S/C16H19BrN4/c1-11-9-20-6-2-3-13(20)10-21(11)15-4-5-18-14-7-12(17)8-19-16(14)15/h4-5,7-8,11,13H,2-3,6,9-10H2,1H3. The second kappa shape index (κ2) is 5.21. The summed E-state index contributed by atoms with van der Waals surface area (Å²) in [6.07, 6.45) is 6.43. The lowest BCUT2D eigenvalue weighted by molar-refractivity contribution is 0.203. The van der Waals surface area contributed by atoms with Gasteiger partial charge in [0.1, 0.15) is 5.52 Å². The molecule has 0 amide bonds. The minimum absolute atomic E-state index is 0.524. The molecule has 2 aliphatic rings. The molecule has 110 valence electrons. The summed E-state index contributed by atoms with van der Waals surface area (Å²) in [4.78, 5) is 14.2. The predicted molar refractivity (Wildman–Crippen MR) is 88.6 cm³/mol. The summed E-state index contributed by atoms with van der Waals surface area (Å²) in [5.74, 6) is 0. The van der Waals surface area contributed by atoms with Gasteiger partial charge in [-0.1, -0.05) is 0 Å². The fraction of sp³-hybridized carbons (Fsp3) is 0.500. The van der Waals surface area contributed by atoms with E-state index in [2.05, 4.69) is 48.7 Å². The number of pyridine rings is 2. The van der Waals surface area contributed by atoms with E-state index in [1.807, 2.05) is 18.5 Å². The van der Waals surface area contributed by atoms with E-state index in [1.54, 1.807) is 0 Å². The van der Waals surface area contributed by atoms with Gasteiger partial charge in [-0.05, 0) is 54.4 Å². The Hall–Kier alpha value is -1.20. The molecule has 0 N–H and O–H groups in total. The van der Waals surface area contributed by atoms with Gasteiger partial charge in [0.2, 0.25) is 0 Å². The molecule has 2 aromatic rings. The Morgan fingerprint density at radius 3 is 3.10 bits per heavy atom. The SMILES string of the molecule is CC1CN2CCCC2CN1c1ccnc2cc(Br)cnc12. The highest BCUT2D eigenvalue weighted by Crippen LogP contribution is 2.32. The van der Waals surface area contributed by atoms with E-state index in [0.717, 1.165) is 28.6 Å². The lowest BCUT2D eigenvalue weighted by Crippen LogP contribution is -2.55. The molecule has 4 nitrogen and oxygen atoms in total. The van der Waals surface area contributed by atoms with Crippen LogP contribution in [0.5, 0.6) is 0 Å². The van der Waals surface area contributed by atoms with Crippen LogP contribution in [0.25, 0.3) is 11.0 Å². The van der Waals surface area contributed by atoms with E-state index in [0.29, 0.717) is 12.1 Å². The third kappa shape index (κ3) is 2.32. The summed E-state index contributed by atoms with van der Waals surface area (Å²) >= 11 is 3.48. The number of hydrogen-bond acceptors (Lipinski definition) is 4. The van der Waals surface area contributed by atoms with Crippen molar-refractivity contribution >= 4 is 32.7 Å². The average Bonchev–Trinajstić information content (AvgIpc) is 2.92. The van der Waals surface area contributed by atoms with Crippen molar-refractivity contribution in [2.24, 2.45) is 0 Å². The zero-order valence-corrected chi connectivity index (χ0v) is 13.8. The number of anilines is 1. The molecular formula is C16H19BrN4. The molecule has 0 radical (unpaired) electrons. The monoisotopic (exact) mass is 346 g/mol. The van der Waals surface area contributed by atoms with Gasteiger partial charge in [0.15, 0.2) is 0 Å². The quantitative estimate of drug-likeness (QED) is 0.794. The molecule has 0 aliphatic carbocycles. The summed E-state index contributed by atoms with van der Waals surface area (Å²) < 4.78 is 0.980. The van der Waals surface area contributed by atoms with Crippen LogP contribution in [0.1, 0.15) is 19.8 Å². The van der Waals surface area contributed by atoms with Crippen LogP contribution in [0.2, 0.25) is 0 Å². The second-order valence-electron chi connectivity index (χ2n) is 6.14. The first-order valence-electron chi connectivity index (χ1n) is 7.63. The summed E-state index contributed by atoms with van der Waals surface area (Å²) in [5.41, 5.74) is 3.20. The smallest absolute Gasteiger partial charge is 0.112 e. The van der Waals surface area contributed by atoms with Crippen molar-refractivity contribution in [3.8, 4) is 0 Å². The molecule has 2 unspecified atom stereocenters. The second-order valence-corrected chi connectivity index (χ2v) is 7.06. The molecule has 4 rings (SSSR count). The number of rotatable bonds is 1. The molecular weight excluding hydrogens is 328 g/mol. The Morgan fingerprint density at radius 2 is 2.19 bits per heavy atom. The van der Waals surface area contributed by atoms with E-state index in [9.17, 15) is 0 Å². The Balaban J connectivity index is 1.75. The van der Waals surface area contributed by atoms with Gasteiger partial charge in [-0.15, -0.1) is 0 Å². The zero-order chi connectivity index (χ0) is 14.4. The van der Waals surface area contributed by atoms with Crippen LogP contribution >= 0.6 is 15.9 Å². The molecule has 0 spiro atoms. The minimum Gasteiger partial charge on any atom is -0.364 e. The highest BCUT2D eigenvalue weighted by molar-refractivity contribution is 9.10. The maximum atomic E-state index is 4.61. The Bertz CT molecular complexity index is 674. The molecule has 21 heavy (non-hydrogen) atoms.